The normalized spacial score (nSPS) is 21.0. The fraction of sp³-hybridized carbons (Fsp3) is 0.400. The predicted molar refractivity (Wildman–Crippen MR) is 52.7 cm³/mol. The number of hydrogen-bond acceptors (Lipinski definition) is 1. The maximum absolute atomic E-state index is 12.2. The van der Waals surface area contributed by atoms with Gasteiger partial charge in [0.1, 0.15) is 7.14 Å². The van der Waals surface area contributed by atoms with Crippen LogP contribution in [-0.4, -0.2) is 12.3 Å². The minimum absolute atomic E-state index is 0.928. The highest BCUT2D eigenvalue weighted by Gasteiger charge is 2.28. The first-order chi connectivity index (χ1) is 5.81. The van der Waals surface area contributed by atoms with Crippen LogP contribution in [0.1, 0.15) is 12.8 Å². The number of hydrogen-bond donors (Lipinski definition) is 0. The lowest BCUT2D eigenvalue weighted by molar-refractivity contribution is 0.585. The van der Waals surface area contributed by atoms with Gasteiger partial charge in [-0.1, -0.05) is 30.3 Å². The fourth-order valence-electron chi connectivity index (χ4n) is 1.80. The van der Waals surface area contributed by atoms with E-state index in [1.807, 2.05) is 30.3 Å². The Bertz CT molecular complexity index is 295. The third kappa shape index (κ3) is 1.34. The van der Waals surface area contributed by atoms with E-state index in [4.69, 9.17) is 0 Å². The molecule has 1 saturated heterocycles. The topological polar surface area (TPSA) is 17.1 Å². The van der Waals surface area contributed by atoms with Crippen LogP contribution in [0.5, 0.6) is 0 Å². The van der Waals surface area contributed by atoms with Crippen LogP contribution in [0.25, 0.3) is 0 Å². The van der Waals surface area contributed by atoms with Crippen LogP contribution in [0.3, 0.4) is 0 Å². The molecule has 1 fully saturated rings. The average Bonchev–Trinajstić information content (AvgIpc) is 2.55. The zero-order valence-electron chi connectivity index (χ0n) is 7.07. The van der Waals surface area contributed by atoms with Crippen molar-refractivity contribution in [3.05, 3.63) is 30.3 Å². The Morgan fingerprint density at radius 2 is 1.58 bits per heavy atom. The minimum atomic E-state index is -1.92. The molecule has 0 N–H and O–H groups in total. The van der Waals surface area contributed by atoms with E-state index in [9.17, 15) is 4.57 Å². The Morgan fingerprint density at radius 1 is 1.00 bits per heavy atom. The Labute approximate surface area is 73.2 Å². The van der Waals surface area contributed by atoms with E-state index in [2.05, 4.69) is 0 Å². The van der Waals surface area contributed by atoms with Crippen molar-refractivity contribution < 1.29 is 4.57 Å². The lowest BCUT2D eigenvalue weighted by atomic mass is 10.4. The van der Waals surface area contributed by atoms with Crippen molar-refractivity contribution >= 4 is 12.4 Å². The second kappa shape index (κ2) is 3.06. The van der Waals surface area contributed by atoms with E-state index >= 15 is 0 Å². The van der Waals surface area contributed by atoms with Gasteiger partial charge in [0.05, 0.1) is 0 Å². The molecular formula is C10H13OP. The van der Waals surface area contributed by atoms with Gasteiger partial charge in [0.15, 0.2) is 0 Å². The molecule has 12 heavy (non-hydrogen) atoms. The smallest absolute Gasteiger partial charge is 0.115 e. The fourth-order valence-corrected chi connectivity index (χ4v) is 4.73. The maximum atomic E-state index is 12.2. The third-order valence-electron chi connectivity index (χ3n) is 2.52. The van der Waals surface area contributed by atoms with Crippen molar-refractivity contribution in [1.82, 2.24) is 0 Å². The van der Waals surface area contributed by atoms with Crippen LogP contribution in [0.4, 0.5) is 0 Å². The summed E-state index contributed by atoms with van der Waals surface area (Å²) in [5, 5.41) is 1.09. The van der Waals surface area contributed by atoms with Crippen molar-refractivity contribution in [3.8, 4) is 0 Å². The van der Waals surface area contributed by atoms with Crippen LogP contribution in [0.2, 0.25) is 0 Å². The highest BCUT2D eigenvalue weighted by atomic mass is 31.2. The standard InChI is InChI=1S/C10H13OP/c11-12(8-4-5-9-12)10-6-2-1-3-7-10/h1-3,6-7H,4-5,8-9H2. The van der Waals surface area contributed by atoms with Gasteiger partial charge in [-0.3, -0.25) is 0 Å². The quantitative estimate of drug-likeness (QED) is 0.607. The molecule has 1 aromatic rings. The van der Waals surface area contributed by atoms with Gasteiger partial charge in [-0.15, -0.1) is 0 Å². The molecule has 2 heteroatoms. The van der Waals surface area contributed by atoms with Crippen LogP contribution in [-0.2, 0) is 4.57 Å². The molecule has 2 rings (SSSR count). The van der Waals surface area contributed by atoms with Crippen molar-refractivity contribution in [1.29, 1.82) is 0 Å². The summed E-state index contributed by atoms with van der Waals surface area (Å²) >= 11 is 0. The summed E-state index contributed by atoms with van der Waals surface area (Å²) in [6.07, 6.45) is 4.15. The summed E-state index contributed by atoms with van der Waals surface area (Å²) in [5.74, 6) is 0. The average molecular weight is 180 g/mol. The molecule has 64 valence electrons. The summed E-state index contributed by atoms with van der Waals surface area (Å²) in [5.41, 5.74) is 0. The SMILES string of the molecule is O=P1(c2ccccc2)CCCC1. The molecule has 0 radical (unpaired) electrons. The van der Waals surface area contributed by atoms with Crippen LogP contribution in [0.15, 0.2) is 30.3 Å². The van der Waals surface area contributed by atoms with E-state index in [1.165, 1.54) is 0 Å². The molecular weight excluding hydrogens is 167 g/mol. The monoisotopic (exact) mass is 180 g/mol. The molecule has 0 amide bonds. The van der Waals surface area contributed by atoms with Gasteiger partial charge in [0.2, 0.25) is 0 Å². The molecule has 0 unspecified atom stereocenters. The van der Waals surface area contributed by atoms with Crippen molar-refractivity contribution in [2.75, 3.05) is 12.3 Å². The Balaban J connectivity index is 2.36. The first kappa shape index (κ1) is 8.07. The van der Waals surface area contributed by atoms with Crippen molar-refractivity contribution in [2.24, 2.45) is 0 Å². The molecule has 0 aliphatic carbocycles. The molecule has 0 atom stereocenters. The minimum Gasteiger partial charge on any atom is -0.319 e. The summed E-state index contributed by atoms with van der Waals surface area (Å²) in [7, 11) is -1.92. The zero-order valence-corrected chi connectivity index (χ0v) is 7.97. The Kier molecular flexibility index (Phi) is 2.06. The van der Waals surface area contributed by atoms with Crippen molar-refractivity contribution in [3.63, 3.8) is 0 Å². The number of benzene rings is 1. The van der Waals surface area contributed by atoms with Crippen LogP contribution < -0.4 is 5.30 Å². The molecule has 1 nitrogen and oxygen atoms in total. The summed E-state index contributed by atoms with van der Waals surface area (Å²) in [6.45, 7) is 0. The first-order valence-electron chi connectivity index (χ1n) is 4.45. The highest BCUT2D eigenvalue weighted by Crippen LogP contribution is 2.50. The van der Waals surface area contributed by atoms with Gasteiger partial charge in [-0.05, 0) is 12.8 Å². The van der Waals surface area contributed by atoms with E-state index in [0.717, 1.165) is 30.5 Å². The Hall–Kier alpha value is -0.550. The molecule has 1 aliphatic rings. The third-order valence-corrected chi connectivity index (χ3v) is 5.83. The predicted octanol–water partition coefficient (Wildman–Crippen LogP) is 2.47. The second-order valence-corrected chi connectivity index (χ2v) is 6.57. The van der Waals surface area contributed by atoms with E-state index in [0.29, 0.717) is 0 Å². The van der Waals surface area contributed by atoms with Gasteiger partial charge >= 0.3 is 0 Å². The van der Waals surface area contributed by atoms with Gasteiger partial charge in [-0.25, -0.2) is 0 Å². The molecule has 1 heterocycles. The van der Waals surface area contributed by atoms with E-state index in [1.54, 1.807) is 0 Å². The lowest BCUT2D eigenvalue weighted by Crippen LogP contribution is -2.04. The Morgan fingerprint density at radius 3 is 2.17 bits per heavy atom. The van der Waals surface area contributed by atoms with Gasteiger partial charge in [0.25, 0.3) is 0 Å². The highest BCUT2D eigenvalue weighted by molar-refractivity contribution is 7.71. The van der Waals surface area contributed by atoms with Gasteiger partial charge < -0.3 is 4.57 Å². The first-order valence-corrected chi connectivity index (χ1v) is 6.53. The van der Waals surface area contributed by atoms with Crippen molar-refractivity contribution in [2.45, 2.75) is 12.8 Å². The number of rotatable bonds is 1. The molecule has 1 aromatic carbocycles. The second-order valence-electron chi connectivity index (χ2n) is 3.38. The molecule has 0 aromatic heterocycles. The molecule has 1 aliphatic heterocycles. The molecule has 0 bridgehead atoms. The van der Waals surface area contributed by atoms with Crippen LogP contribution >= 0.6 is 7.14 Å². The van der Waals surface area contributed by atoms with E-state index in [-0.39, 0.29) is 0 Å². The largest absolute Gasteiger partial charge is 0.319 e. The maximum Gasteiger partial charge on any atom is 0.115 e. The van der Waals surface area contributed by atoms with Crippen LogP contribution in [0, 0.1) is 0 Å². The molecule has 0 spiro atoms. The summed E-state index contributed by atoms with van der Waals surface area (Å²) < 4.78 is 12.2. The van der Waals surface area contributed by atoms with Gasteiger partial charge in [0, 0.05) is 17.6 Å². The molecule has 0 saturated carbocycles. The zero-order chi connectivity index (χ0) is 8.44. The lowest BCUT2D eigenvalue weighted by Gasteiger charge is -2.09. The van der Waals surface area contributed by atoms with Gasteiger partial charge in [-0.2, -0.15) is 0 Å². The van der Waals surface area contributed by atoms with E-state index < -0.39 is 7.14 Å². The summed E-state index contributed by atoms with van der Waals surface area (Å²) in [6, 6.07) is 9.95. The summed E-state index contributed by atoms with van der Waals surface area (Å²) in [4.78, 5) is 0.